The number of hydrazine groups is 1. The van der Waals surface area contributed by atoms with Crippen molar-refractivity contribution in [3.63, 3.8) is 0 Å². The van der Waals surface area contributed by atoms with Crippen LogP contribution in [0.25, 0.3) is 0 Å². The molecule has 106 valence electrons. The van der Waals surface area contributed by atoms with Gasteiger partial charge in [0.15, 0.2) is 0 Å². The molecular weight excluding hydrogens is 248 g/mol. The molecular formula is C13H20N2O4. The summed E-state index contributed by atoms with van der Waals surface area (Å²) in [6.45, 7) is 5.38. The van der Waals surface area contributed by atoms with E-state index in [1.165, 1.54) is 7.11 Å². The third-order valence-electron chi connectivity index (χ3n) is 2.11. The van der Waals surface area contributed by atoms with E-state index in [2.05, 4.69) is 10.9 Å². The predicted octanol–water partition coefficient (Wildman–Crippen LogP) is 2.56. The van der Waals surface area contributed by atoms with Gasteiger partial charge in [-0.05, 0) is 32.9 Å². The Balaban J connectivity index is 2.65. The van der Waals surface area contributed by atoms with Gasteiger partial charge in [0.2, 0.25) is 0 Å². The molecule has 0 fully saturated rings. The number of ether oxygens (including phenoxy) is 3. The van der Waals surface area contributed by atoms with Gasteiger partial charge >= 0.3 is 6.09 Å². The normalized spacial score (nSPS) is 10.6. The summed E-state index contributed by atoms with van der Waals surface area (Å²) in [5.41, 5.74) is 5.23. The SMILES string of the molecule is COc1ccc(NNC(=O)OC(C)(C)C)c(OC)c1. The van der Waals surface area contributed by atoms with E-state index >= 15 is 0 Å². The molecule has 2 N–H and O–H groups in total. The highest BCUT2D eigenvalue weighted by atomic mass is 16.6. The Morgan fingerprint density at radius 1 is 1.16 bits per heavy atom. The molecule has 0 aromatic heterocycles. The van der Waals surface area contributed by atoms with Gasteiger partial charge in [-0.1, -0.05) is 0 Å². The van der Waals surface area contributed by atoms with Crippen LogP contribution in [0.4, 0.5) is 10.5 Å². The van der Waals surface area contributed by atoms with Gasteiger partial charge in [0, 0.05) is 6.07 Å². The molecule has 0 aliphatic carbocycles. The maximum absolute atomic E-state index is 11.5. The molecule has 0 aliphatic heterocycles. The van der Waals surface area contributed by atoms with Gasteiger partial charge in [0.25, 0.3) is 0 Å². The van der Waals surface area contributed by atoms with Crippen LogP contribution in [-0.2, 0) is 4.74 Å². The highest BCUT2D eigenvalue weighted by Gasteiger charge is 2.16. The molecule has 19 heavy (non-hydrogen) atoms. The quantitative estimate of drug-likeness (QED) is 0.821. The molecule has 1 aromatic carbocycles. The molecule has 0 bridgehead atoms. The first-order valence-electron chi connectivity index (χ1n) is 5.83. The lowest BCUT2D eigenvalue weighted by molar-refractivity contribution is 0.0541. The van der Waals surface area contributed by atoms with Gasteiger partial charge in [-0.25, -0.2) is 10.2 Å². The topological polar surface area (TPSA) is 68.8 Å². The molecule has 0 saturated carbocycles. The third-order valence-corrected chi connectivity index (χ3v) is 2.11. The second kappa shape index (κ2) is 6.17. The van der Waals surface area contributed by atoms with E-state index in [-0.39, 0.29) is 0 Å². The minimum atomic E-state index is -0.564. The molecule has 1 rings (SSSR count). The van der Waals surface area contributed by atoms with E-state index in [1.54, 1.807) is 46.1 Å². The molecule has 0 radical (unpaired) electrons. The summed E-state index contributed by atoms with van der Waals surface area (Å²) in [6, 6.07) is 5.19. The minimum Gasteiger partial charge on any atom is -0.497 e. The van der Waals surface area contributed by atoms with Crippen molar-refractivity contribution in [3.05, 3.63) is 18.2 Å². The first-order chi connectivity index (χ1) is 8.85. The lowest BCUT2D eigenvalue weighted by atomic mass is 10.2. The number of nitrogens with one attached hydrogen (secondary N) is 2. The molecule has 0 heterocycles. The van der Waals surface area contributed by atoms with Crippen LogP contribution >= 0.6 is 0 Å². The Bertz CT molecular complexity index is 441. The van der Waals surface area contributed by atoms with Gasteiger partial charge in [0.1, 0.15) is 17.1 Å². The van der Waals surface area contributed by atoms with Crippen molar-refractivity contribution in [2.24, 2.45) is 0 Å². The van der Waals surface area contributed by atoms with Gasteiger partial charge < -0.3 is 14.2 Å². The zero-order chi connectivity index (χ0) is 14.5. The van der Waals surface area contributed by atoms with Crippen molar-refractivity contribution < 1.29 is 19.0 Å². The van der Waals surface area contributed by atoms with Gasteiger partial charge in [-0.3, -0.25) is 5.43 Å². The number of carbonyl (C=O) groups is 1. The monoisotopic (exact) mass is 268 g/mol. The number of methoxy groups -OCH3 is 2. The van der Waals surface area contributed by atoms with E-state index < -0.39 is 11.7 Å². The van der Waals surface area contributed by atoms with Crippen LogP contribution in [0, 0.1) is 0 Å². The Morgan fingerprint density at radius 3 is 2.37 bits per heavy atom. The molecule has 0 saturated heterocycles. The first kappa shape index (κ1) is 14.9. The molecule has 0 atom stereocenters. The average molecular weight is 268 g/mol. The van der Waals surface area contributed by atoms with Crippen molar-refractivity contribution in [2.75, 3.05) is 19.6 Å². The Kier molecular flexibility index (Phi) is 4.86. The summed E-state index contributed by atoms with van der Waals surface area (Å²) in [6.07, 6.45) is -0.564. The summed E-state index contributed by atoms with van der Waals surface area (Å²) >= 11 is 0. The molecule has 1 amide bonds. The van der Waals surface area contributed by atoms with Gasteiger partial charge in [-0.2, -0.15) is 0 Å². The summed E-state index contributed by atoms with van der Waals surface area (Å²) in [5, 5.41) is 0. The Morgan fingerprint density at radius 2 is 1.84 bits per heavy atom. The van der Waals surface area contributed by atoms with E-state index in [9.17, 15) is 4.79 Å². The fourth-order valence-electron chi connectivity index (χ4n) is 1.32. The summed E-state index contributed by atoms with van der Waals surface area (Å²) < 4.78 is 15.4. The largest absolute Gasteiger partial charge is 0.497 e. The first-order valence-corrected chi connectivity index (χ1v) is 5.83. The summed E-state index contributed by atoms with van der Waals surface area (Å²) in [5.74, 6) is 1.22. The number of rotatable bonds is 4. The minimum absolute atomic E-state index is 0.546. The maximum atomic E-state index is 11.5. The van der Waals surface area contributed by atoms with Crippen LogP contribution in [0.1, 0.15) is 20.8 Å². The van der Waals surface area contributed by atoms with Crippen LogP contribution in [0.5, 0.6) is 11.5 Å². The van der Waals surface area contributed by atoms with Crippen molar-refractivity contribution in [2.45, 2.75) is 26.4 Å². The zero-order valence-electron chi connectivity index (χ0n) is 11.9. The van der Waals surface area contributed by atoms with Crippen molar-refractivity contribution in [3.8, 4) is 11.5 Å². The number of carbonyl (C=O) groups excluding carboxylic acids is 1. The average Bonchev–Trinajstić information content (AvgIpc) is 2.34. The van der Waals surface area contributed by atoms with Crippen molar-refractivity contribution in [1.82, 2.24) is 5.43 Å². The Hall–Kier alpha value is -2.11. The fraction of sp³-hybridized carbons (Fsp3) is 0.462. The molecule has 0 aliphatic rings. The second-order valence-electron chi connectivity index (χ2n) is 4.82. The molecule has 0 spiro atoms. The summed E-state index contributed by atoms with van der Waals surface area (Å²) in [7, 11) is 3.11. The maximum Gasteiger partial charge on any atom is 0.426 e. The number of anilines is 1. The van der Waals surface area contributed by atoms with Crippen LogP contribution in [0.3, 0.4) is 0 Å². The van der Waals surface area contributed by atoms with Gasteiger partial charge in [-0.15, -0.1) is 0 Å². The lowest BCUT2D eigenvalue weighted by Gasteiger charge is -2.20. The second-order valence-corrected chi connectivity index (χ2v) is 4.82. The van der Waals surface area contributed by atoms with Crippen molar-refractivity contribution in [1.29, 1.82) is 0 Å². The van der Waals surface area contributed by atoms with Crippen molar-refractivity contribution >= 4 is 11.8 Å². The van der Waals surface area contributed by atoms with E-state index in [1.807, 2.05) is 0 Å². The van der Waals surface area contributed by atoms with Crippen LogP contribution in [0.2, 0.25) is 0 Å². The zero-order valence-corrected chi connectivity index (χ0v) is 11.9. The number of hydrogen-bond donors (Lipinski definition) is 2. The van der Waals surface area contributed by atoms with Gasteiger partial charge in [0.05, 0.1) is 19.9 Å². The smallest absolute Gasteiger partial charge is 0.426 e. The van der Waals surface area contributed by atoms with E-state index in [0.29, 0.717) is 17.2 Å². The molecule has 0 unspecified atom stereocenters. The lowest BCUT2D eigenvalue weighted by Crippen LogP contribution is -2.35. The number of amides is 1. The summed E-state index contributed by atoms with van der Waals surface area (Å²) in [4.78, 5) is 11.5. The molecule has 6 nitrogen and oxygen atoms in total. The molecule has 1 aromatic rings. The standard InChI is InChI=1S/C13H20N2O4/c1-13(2,3)19-12(16)15-14-10-7-6-9(17-4)8-11(10)18-5/h6-8,14H,1-5H3,(H,15,16). The fourth-order valence-corrected chi connectivity index (χ4v) is 1.32. The number of hydrogen-bond acceptors (Lipinski definition) is 5. The molecule has 6 heteroatoms. The van der Waals surface area contributed by atoms with Crippen LogP contribution < -0.4 is 20.3 Å². The predicted molar refractivity (Wildman–Crippen MR) is 72.5 cm³/mol. The van der Waals surface area contributed by atoms with E-state index in [4.69, 9.17) is 14.2 Å². The third kappa shape index (κ3) is 4.95. The highest BCUT2D eigenvalue weighted by Crippen LogP contribution is 2.28. The Labute approximate surface area is 113 Å². The van der Waals surface area contributed by atoms with Crippen LogP contribution in [0.15, 0.2) is 18.2 Å². The van der Waals surface area contributed by atoms with E-state index in [0.717, 1.165) is 0 Å². The highest BCUT2D eigenvalue weighted by molar-refractivity contribution is 5.71. The number of benzene rings is 1. The van der Waals surface area contributed by atoms with Crippen LogP contribution in [-0.4, -0.2) is 25.9 Å².